The third-order valence-electron chi connectivity index (χ3n) is 3.52. The Morgan fingerprint density at radius 1 is 1.04 bits per heavy atom. The minimum Gasteiger partial charge on any atom is -0.480 e. The van der Waals surface area contributed by atoms with Gasteiger partial charge >= 0.3 is 5.97 Å². The number of hydrogen-bond donors (Lipinski definition) is 3. The molecule has 126 valence electrons. The average molecular weight is 334 g/mol. The highest BCUT2D eigenvalue weighted by atomic mass is 16.4. The average Bonchev–Trinajstić information content (AvgIpc) is 2.62. The number of carboxylic acid groups (broad SMARTS) is 1. The Kier molecular flexibility index (Phi) is 4.89. The lowest BCUT2D eigenvalue weighted by Gasteiger charge is -2.11. The smallest absolute Gasteiger partial charge is 0.322 e. The number of aliphatic carboxylic acids is 1. The topological polar surface area (TPSA) is 87.1 Å². The van der Waals surface area contributed by atoms with Gasteiger partial charge in [0.2, 0.25) is 5.95 Å². The third kappa shape index (κ3) is 4.54. The zero-order valence-electron chi connectivity index (χ0n) is 13.7. The van der Waals surface area contributed by atoms with E-state index < -0.39 is 5.97 Å². The van der Waals surface area contributed by atoms with Crippen LogP contribution in [0.2, 0.25) is 0 Å². The Bertz CT molecular complexity index is 864. The second-order valence-electron chi connectivity index (χ2n) is 5.57. The molecule has 0 saturated carbocycles. The fraction of sp³-hybridized carbons (Fsp3) is 0.105. The summed E-state index contributed by atoms with van der Waals surface area (Å²) in [7, 11) is 0. The summed E-state index contributed by atoms with van der Waals surface area (Å²) in [6.07, 6.45) is 0. The maximum atomic E-state index is 10.8. The number of nitrogens with one attached hydrogen (secondary N) is 2. The van der Waals surface area contributed by atoms with Crippen LogP contribution >= 0.6 is 0 Å². The van der Waals surface area contributed by atoms with Gasteiger partial charge < -0.3 is 15.7 Å². The van der Waals surface area contributed by atoms with Crippen LogP contribution < -0.4 is 10.6 Å². The van der Waals surface area contributed by atoms with E-state index in [4.69, 9.17) is 5.11 Å². The van der Waals surface area contributed by atoms with Gasteiger partial charge in [-0.3, -0.25) is 4.79 Å². The molecule has 6 heteroatoms. The second-order valence-corrected chi connectivity index (χ2v) is 5.57. The largest absolute Gasteiger partial charge is 0.480 e. The van der Waals surface area contributed by atoms with Gasteiger partial charge in [-0.25, -0.2) is 4.98 Å². The van der Waals surface area contributed by atoms with Gasteiger partial charge in [-0.1, -0.05) is 48.0 Å². The Labute approximate surface area is 145 Å². The van der Waals surface area contributed by atoms with Gasteiger partial charge in [0.05, 0.1) is 5.69 Å². The fourth-order valence-corrected chi connectivity index (χ4v) is 2.29. The first-order chi connectivity index (χ1) is 12.1. The predicted octanol–water partition coefficient (Wildman–Crippen LogP) is 3.69. The van der Waals surface area contributed by atoms with Gasteiger partial charge in [0.1, 0.15) is 12.4 Å². The van der Waals surface area contributed by atoms with Gasteiger partial charge in [0, 0.05) is 17.3 Å². The highest BCUT2D eigenvalue weighted by Crippen LogP contribution is 2.23. The van der Waals surface area contributed by atoms with E-state index in [1.807, 2.05) is 67.6 Å². The molecule has 0 bridgehead atoms. The molecule has 2 aromatic carbocycles. The van der Waals surface area contributed by atoms with Crippen molar-refractivity contribution in [1.82, 2.24) is 9.97 Å². The Morgan fingerprint density at radius 2 is 1.76 bits per heavy atom. The maximum absolute atomic E-state index is 10.8. The summed E-state index contributed by atoms with van der Waals surface area (Å²) in [5.74, 6) is -0.120. The van der Waals surface area contributed by atoms with E-state index in [-0.39, 0.29) is 12.5 Å². The number of hydrogen-bond acceptors (Lipinski definition) is 5. The molecule has 0 aliphatic heterocycles. The number of aromatic nitrogens is 2. The van der Waals surface area contributed by atoms with Crippen LogP contribution in [0.1, 0.15) is 5.56 Å². The summed E-state index contributed by atoms with van der Waals surface area (Å²) in [4.78, 5) is 19.6. The molecular weight excluding hydrogens is 316 g/mol. The lowest BCUT2D eigenvalue weighted by molar-refractivity contribution is -0.134. The highest BCUT2D eigenvalue weighted by molar-refractivity contribution is 5.73. The lowest BCUT2D eigenvalue weighted by atomic mass is 10.1. The van der Waals surface area contributed by atoms with Crippen molar-refractivity contribution >= 4 is 23.4 Å². The molecule has 0 atom stereocenters. The van der Waals surface area contributed by atoms with Crippen molar-refractivity contribution in [1.29, 1.82) is 0 Å². The summed E-state index contributed by atoms with van der Waals surface area (Å²) in [6.45, 7) is 1.78. The minimum atomic E-state index is -0.971. The molecule has 3 N–H and O–H groups in total. The van der Waals surface area contributed by atoms with Gasteiger partial charge in [-0.05, 0) is 19.1 Å². The molecular formula is C19H18N4O2. The number of nitrogens with zero attached hydrogens (tertiary/aromatic N) is 2. The van der Waals surface area contributed by atoms with Crippen LogP contribution in [0.3, 0.4) is 0 Å². The molecule has 1 aromatic heterocycles. The first kappa shape index (κ1) is 16.4. The van der Waals surface area contributed by atoms with Crippen LogP contribution in [0, 0.1) is 6.92 Å². The van der Waals surface area contributed by atoms with Crippen molar-refractivity contribution in [3.8, 4) is 11.3 Å². The van der Waals surface area contributed by atoms with E-state index in [1.165, 1.54) is 5.56 Å². The number of carboxylic acids is 1. The molecule has 25 heavy (non-hydrogen) atoms. The zero-order valence-corrected chi connectivity index (χ0v) is 13.7. The van der Waals surface area contributed by atoms with Crippen LogP contribution in [0.4, 0.5) is 17.5 Å². The SMILES string of the molecule is Cc1ccc(Nc2cc(-c3ccccc3)nc(NCC(=O)O)n2)cc1. The van der Waals surface area contributed by atoms with Crippen molar-refractivity contribution in [3.63, 3.8) is 0 Å². The fourth-order valence-electron chi connectivity index (χ4n) is 2.29. The zero-order chi connectivity index (χ0) is 17.6. The summed E-state index contributed by atoms with van der Waals surface area (Å²) < 4.78 is 0. The number of carbonyl (C=O) groups is 1. The molecule has 0 aliphatic carbocycles. The van der Waals surface area contributed by atoms with Crippen molar-refractivity contribution < 1.29 is 9.90 Å². The summed E-state index contributed by atoms with van der Waals surface area (Å²) in [5, 5.41) is 14.8. The van der Waals surface area contributed by atoms with Crippen molar-refractivity contribution in [3.05, 3.63) is 66.2 Å². The second kappa shape index (κ2) is 7.44. The standard InChI is InChI=1S/C19H18N4O2/c1-13-7-9-15(10-8-13)21-17-11-16(14-5-3-2-4-6-14)22-19(23-17)20-12-18(24)25/h2-11H,12H2,1H3,(H,24,25)(H2,20,21,22,23). The third-order valence-corrected chi connectivity index (χ3v) is 3.52. The molecule has 1 heterocycles. The van der Waals surface area contributed by atoms with Crippen LogP contribution in [0.15, 0.2) is 60.7 Å². The summed E-state index contributed by atoms with van der Waals surface area (Å²) in [6, 6.07) is 19.4. The molecule has 6 nitrogen and oxygen atoms in total. The van der Waals surface area contributed by atoms with Crippen LogP contribution in [-0.2, 0) is 4.79 Å². The quantitative estimate of drug-likeness (QED) is 0.637. The Balaban J connectivity index is 1.93. The number of anilines is 3. The van der Waals surface area contributed by atoms with E-state index >= 15 is 0 Å². The monoisotopic (exact) mass is 334 g/mol. The first-order valence-electron chi connectivity index (χ1n) is 7.84. The van der Waals surface area contributed by atoms with Crippen LogP contribution in [0.25, 0.3) is 11.3 Å². The molecule has 0 saturated heterocycles. The van der Waals surface area contributed by atoms with E-state index in [1.54, 1.807) is 0 Å². The minimum absolute atomic E-state index is 0.248. The molecule has 0 radical (unpaired) electrons. The van der Waals surface area contributed by atoms with Gasteiger partial charge in [-0.15, -0.1) is 0 Å². The first-order valence-corrected chi connectivity index (χ1v) is 7.84. The van der Waals surface area contributed by atoms with Crippen LogP contribution in [0.5, 0.6) is 0 Å². The Hall–Kier alpha value is -3.41. The van der Waals surface area contributed by atoms with E-state index in [0.29, 0.717) is 11.5 Å². The van der Waals surface area contributed by atoms with Crippen molar-refractivity contribution in [2.24, 2.45) is 0 Å². The predicted molar refractivity (Wildman–Crippen MR) is 98.1 cm³/mol. The highest BCUT2D eigenvalue weighted by Gasteiger charge is 2.08. The molecule has 3 aromatic rings. The van der Waals surface area contributed by atoms with Gasteiger partial charge in [-0.2, -0.15) is 4.98 Å². The van der Waals surface area contributed by atoms with Crippen LogP contribution in [-0.4, -0.2) is 27.6 Å². The molecule has 0 aliphatic rings. The Morgan fingerprint density at radius 3 is 2.44 bits per heavy atom. The van der Waals surface area contributed by atoms with E-state index in [2.05, 4.69) is 20.6 Å². The van der Waals surface area contributed by atoms with E-state index in [9.17, 15) is 4.79 Å². The van der Waals surface area contributed by atoms with Crippen molar-refractivity contribution in [2.75, 3.05) is 17.2 Å². The maximum Gasteiger partial charge on any atom is 0.322 e. The van der Waals surface area contributed by atoms with Gasteiger partial charge in [0.15, 0.2) is 0 Å². The van der Waals surface area contributed by atoms with E-state index in [0.717, 1.165) is 11.3 Å². The molecule has 0 amide bonds. The lowest BCUT2D eigenvalue weighted by Crippen LogP contribution is -2.15. The number of rotatable bonds is 6. The normalized spacial score (nSPS) is 10.3. The van der Waals surface area contributed by atoms with Gasteiger partial charge in [0.25, 0.3) is 0 Å². The molecule has 0 spiro atoms. The molecule has 0 unspecified atom stereocenters. The number of benzene rings is 2. The molecule has 3 rings (SSSR count). The molecule has 0 fully saturated rings. The van der Waals surface area contributed by atoms with Crippen molar-refractivity contribution in [2.45, 2.75) is 6.92 Å². The number of aryl methyl sites for hydroxylation is 1. The summed E-state index contributed by atoms with van der Waals surface area (Å²) in [5.41, 5.74) is 3.70. The summed E-state index contributed by atoms with van der Waals surface area (Å²) >= 11 is 0.